The molecule has 1 saturated heterocycles. The molecule has 1 heterocycles. The summed E-state index contributed by atoms with van der Waals surface area (Å²) in [6.45, 7) is 2.77. The summed E-state index contributed by atoms with van der Waals surface area (Å²) in [6.07, 6.45) is 7.04. The van der Waals surface area contributed by atoms with E-state index in [0.29, 0.717) is 17.1 Å². The molecule has 3 rings (SSSR count). The maximum atomic E-state index is 12.5. The van der Waals surface area contributed by atoms with Crippen molar-refractivity contribution in [3.63, 3.8) is 0 Å². The number of benzene rings is 1. The van der Waals surface area contributed by atoms with Crippen molar-refractivity contribution in [2.24, 2.45) is 0 Å². The van der Waals surface area contributed by atoms with Gasteiger partial charge in [-0.05, 0) is 63.6 Å². The molecule has 1 aromatic carbocycles. The molecule has 5 nitrogen and oxygen atoms in total. The first-order valence-corrected chi connectivity index (χ1v) is 8.94. The third-order valence-electron chi connectivity index (χ3n) is 4.90. The van der Waals surface area contributed by atoms with E-state index in [-0.39, 0.29) is 24.2 Å². The fraction of sp³-hybridized carbons (Fsp3) is 0.632. The Morgan fingerprint density at radius 1 is 1.21 bits per heavy atom. The monoisotopic (exact) mass is 333 g/mol. The molecule has 132 valence electrons. The van der Waals surface area contributed by atoms with Gasteiger partial charge in [0.1, 0.15) is 0 Å². The Bertz CT molecular complexity index is 562. The summed E-state index contributed by atoms with van der Waals surface area (Å²) in [5, 5.41) is 3.02. The van der Waals surface area contributed by atoms with Crippen molar-refractivity contribution in [3.05, 3.63) is 23.8 Å². The first-order valence-electron chi connectivity index (χ1n) is 8.94. The van der Waals surface area contributed by atoms with Gasteiger partial charge in [-0.3, -0.25) is 4.79 Å². The SMILES string of the molecule is COc1cc(C(=O)N[C@H](C)[C@H]2CCCO2)ccc1OC1CCCC1. The Morgan fingerprint density at radius 2 is 2.00 bits per heavy atom. The second-order valence-corrected chi connectivity index (χ2v) is 6.70. The van der Waals surface area contributed by atoms with Gasteiger partial charge in [0.15, 0.2) is 11.5 Å². The van der Waals surface area contributed by atoms with Gasteiger partial charge < -0.3 is 19.5 Å². The predicted molar refractivity (Wildman–Crippen MR) is 91.8 cm³/mol. The largest absolute Gasteiger partial charge is 0.493 e. The van der Waals surface area contributed by atoms with E-state index < -0.39 is 0 Å². The van der Waals surface area contributed by atoms with Gasteiger partial charge in [-0.25, -0.2) is 0 Å². The molecule has 0 bridgehead atoms. The number of hydrogen-bond acceptors (Lipinski definition) is 4. The van der Waals surface area contributed by atoms with E-state index in [1.165, 1.54) is 12.8 Å². The first-order chi connectivity index (χ1) is 11.7. The predicted octanol–water partition coefficient (Wildman–Crippen LogP) is 3.31. The van der Waals surface area contributed by atoms with E-state index in [0.717, 1.165) is 32.3 Å². The highest BCUT2D eigenvalue weighted by Crippen LogP contribution is 2.32. The van der Waals surface area contributed by atoms with Crippen molar-refractivity contribution < 1.29 is 19.0 Å². The van der Waals surface area contributed by atoms with Crippen molar-refractivity contribution in [2.45, 2.75) is 63.7 Å². The minimum atomic E-state index is -0.108. The quantitative estimate of drug-likeness (QED) is 0.868. The minimum Gasteiger partial charge on any atom is -0.493 e. The van der Waals surface area contributed by atoms with Crippen LogP contribution in [0.3, 0.4) is 0 Å². The number of nitrogens with one attached hydrogen (secondary N) is 1. The van der Waals surface area contributed by atoms with Crippen LogP contribution in [0.1, 0.15) is 55.8 Å². The Balaban J connectivity index is 1.65. The number of carbonyl (C=O) groups is 1. The number of rotatable bonds is 6. The smallest absolute Gasteiger partial charge is 0.251 e. The first kappa shape index (κ1) is 17.1. The van der Waals surface area contributed by atoms with Gasteiger partial charge in [0.2, 0.25) is 0 Å². The Kier molecular flexibility index (Phi) is 5.61. The Morgan fingerprint density at radius 3 is 2.67 bits per heavy atom. The van der Waals surface area contributed by atoms with E-state index in [1.54, 1.807) is 19.2 Å². The zero-order chi connectivity index (χ0) is 16.9. The number of methoxy groups -OCH3 is 1. The highest BCUT2D eigenvalue weighted by atomic mass is 16.5. The van der Waals surface area contributed by atoms with E-state index >= 15 is 0 Å². The topological polar surface area (TPSA) is 56.8 Å². The van der Waals surface area contributed by atoms with Crippen LogP contribution in [-0.2, 0) is 4.74 Å². The highest BCUT2D eigenvalue weighted by molar-refractivity contribution is 5.95. The van der Waals surface area contributed by atoms with Crippen LogP contribution in [-0.4, -0.2) is 37.9 Å². The lowest BCUT2D eigenvalue weighted by molar-refractivity contribution is 0.0712. The van der Waals surface area contributed by atoms with E-state index in [1.807, 2.05) is 13.0 Å². The summed E-state index contributed by atoms with van der Waals surface area (Å²) in [5.74, 6) is 1.22. The lowest BCUT2D eigenvalue weighted by Gasteiger charge is -2.20. The fourth-order valence-corrected chi connectivity index (χ4v) is 3.47. The van der Waals surface area contributed by atoms with Crippen LogP contribution in [0, 0.1) is 0 Å². The lowest BCUT2D eigenvalue weighted by atomic mass is 10.1. The van der Waals surface area contributed by atoms with Crippen molar-refractivity contribution >= 4 is 5.91 Å². The molecule has 0 radical (unpaired) electrons. The molecule has 1 aliphatic carbocycles. The molecule has 2 aliphatic rings. The maximum Gasteiger partial charge on any atom is 0.251 e. The van der Waals surface area contributed by atoms with Gasteiger partial charge in [-0.1, -0.05) is 0 Å². The molecule has 2 fully saturated rings. The van der Waals surface area contributed by atoms with Crippen LogP contribution in [0.25, 0.3) is 0 Å². The molecule has 0 aromatic heterocycles. The molecular formula is C19H27NO4. The summed E-state index contributed by atoms with van der Waals surface area (Å²) < 4.78 is 17.1. The number of amides is 1. The normalized spacial score (nSPS) is 22.3. The number of ether oxygens (including phenoxy) is 3. The lowest BCUT2D eigenvalue weighted by Crippen LogP contribution is -2.40. The van der Waals surface area contributed by atoms with Gasteiger partial charge in [-0.2, -0.15) is 0 Å². The van der Waals surface area contributed by atoms with E-state index in [4.69, 9.17) is 14.2 Å². The fourth-order valence-electron chi connectivity index (χ4n) is 3.47. The summed E-state index contributed by atoms with van der Waals surface area (Å²) >= 11 is 0. The molecule has 0 unspecified atom stereocenters. The van der Waals surface area contributed by atoms with Crippen molar-refractivity contribution in [1.29, 1.82) is 0 Å². The molecule has 2 atom stereocenters. The zero-order valence-electron chi connectivity index (χ0n) is 14.5. The van der Waals surface area contributed by atoms with Crippen molar-refractivity contribution in [1.82, 2.24) is 5.32 Å². The second kappa shape index (κ2) is 7.88. The summed E-state index contributed by atoms with van der Waals surface area (Å²) in [4.78, 5) is 12.5. The molecule has 0 spiro atoms. The van der Waals surface area contributed by atoms with Gasteiger partial charge in [0.25, 0.3) is 5.91 Å². The van der Waals surface area contributed by atoms with Crippen LogP contribution in [0.15, 0.2) is 18.2 Å². The van der Waals surface area contributed by atoms with Crippen LogP contribution >= 0.6 is 0 Å². The minimum absolute atomic E-state index is 0.000380. The van der Waals surface area contributed by atoms with Gasteiger partial charge in [0.05, 0.1) is 25.4 Å². The van der Waals surface area contributed by atoms with Crippen LogP contribution in [0.2, 0.25) is 0 Å². The van der Waals surface area contributed by atoms with Crippen molar-refractivity contribution in [2.75, 3.05) is 13.7 Å². The van der Waals surface area contributed by atoms with Gasteiger partial charge >= 0.3 is 0 Å². The van der Waals surface area contributed by atoms with Gasteiger partial charge in [0, 0.05) is 12.2 Å². The number of hydrogen-bond donors (Lipinski definition) is 1. The average molecular weight is 333 g/mol. The second-order valence-electron chi connectivity index (χ2n) is 6.70. The third kappa shape index (κ3) is 4.01. The third-order valence-corrected chi connectivity index (χ3v) is 4.90. The molecule has 1 saturated carbocycles. The molecule has 1 N–H and O–H groups in total. The molecule has 1 amide bonds. The number of carbonyl (C=O) groups excluding carboxylic acids is 1. The molecule has 24 heavy (non-hydrogen) atoms. The average Bonchev–Trinajstić information content (AvgIpc) is 3.28. The zero-order valence-corrected chi connectivity index (χ0v) is 14.5. The van der Waals surface area contributed by atoms with E-state index in [9.17, 15) is 4.79 Å². The molecule has 1 aliphatic heterocycles. The highest BCUT2D eigenvalue weighted by Gasteiger charge is 2.24. The summed E-state index contributed by atoms with van der Waals surface area (Å²) in [6, 6.07) is 5.38. The van der Waals surface area contributed by atoms with Crippen LogP contribution in [0.5, 0.6) is 11.5 Å². The summed E-state index contributed by atoms with van der Waals surface area (Å²) in [7, 11) is 1.60. The standard InChI is InChI=1S/C19H27NO4/c1-13(16-8-5-11-23-16)20-19(21)14-9-10-17(18(12-14)22-2)24-15-6-3-4-7-15/h9-10,12-13,15-16H,3-8,11H2,1-2H3,(H,20,21)/t13-,16-/m1/s1. The van der Waals surface area contributed by atoms with E-state index in [2.05, 4.69) is 5.32 Å². The van der Waals surface area contributed by atoms with Crippen LogP contribution in [0.4, 0.5) is 0 Å². The maximum absolute atomic E-state index is 12.5. The molecule has 5 heteroatoms. The Hall–Kier alpha value is -1.75. The molecular weight excluding hydrogens is 306 g/mol. The Labute approximate surface area is 143 Å². The van der Waals surface area contributed by atoms with Gasteiger partial charge in [-0.15, -0.1) is 0 Å². The summed E-state index contributed by atoms with van der Waals surface area (Å²) in [5.41, 5.74) is 0.579. The van der Waals surface area contributed by atoms with Crippen molar-refractivity contribution in [3.8, 4) is 11.5 Å². The van der Waals surface area contributed by atoms with Crippen LogP contribution < -0.4 is 14.8 Å². The molecule has 1 aromatic rings.